The van der Waals surface area contributed by atoms with Gasteiger partial charge in [0.25, 0.3) is 0 Å². The lowest BCUT2D eigenvalue weighted by molar-refractivity contribution is 0.0412. The SMILES string of the molecule is O=C(O)N1C[C@@H]2C[C@@H](O)CN2[C@@H](C(c2ccccc2)c2ccccc2)C1. The number of carbonyl (C=O) groups is 1. The van der Waals surface area contributed by atoms with E-state index in [2.05, 4.69) is 29.2 Å². The molecule has 5 heteroatoms. The number of hydrogen-bond donors (Lipinski definition) is 2. The summed E-state index contributed by atoms with van der Waals surface area (Å²) in [6.07, 6.45) is -0.629. The molecule has 5 nitrogen and oxygen atoms in total. The summed E-state index contributed by atoms with van der Waals surface area (Å²) in [5, 5.41) is 19.8. The van der Waals surface area contributed by atoms with Crippen LogP contribution in [0.2, 0.25) is 0 Å². The Morgan fingerprint density at radius 1 is 0.923 bits per heavy atom. The molecule has 2 saturated heterocycles. The van der Waals surface area contributed by atoms with Crippen molar-refractivity contribution in [2.24, 2.45) is 0 Å². The highest BCUT2D eigenvalue weighted by Crippen LogP contribution is 2.37. The molecule has 0 aromatic heterocycles. The lowest BCUT2D eigenvalue weighted by Gasteiger charge is -2.46. The summed E-state index contributed by atoms with van der Waals surface area (Å²) in [6, 6.07) is 20.6. The Hall–Kier alpha value is -2.37. The van der Waals surface area contributed by atoms with Crippen molar-refractivity contribution in [1.29, 1.82) is 0 Å². The summed E-state index contributed by atoms with van der Waals surface area (Å²) in [6.45, 7) is 1.53. The average molecular weight is 352 g/mol. The minimum absolute atomic E-state index is 0.00630. The summed E-state index contributed by atoms with van der Waals surface area (Å²) in [5.41, 5.74) is 2.35. The molecule has 2 aliphatic heterocycles. The maximum atomic E-state index is 11.7. The minimum Gasteiger partial charge on any atom is -0.465 e. The fraction of sp³-hybridized carbons (Fsp3) is 0.381. The van der Waals surface area contributed by atoms with Crippen LogP contribution in [0.3, 0.4) is 0 Å². The zero-order chi connectivity index (χ0) is 18.1. The van der Waals surface area contributed by atoms with Crippen molar-refractivity contribution in [3.8, 4) is 0 Å². The number of fused-ring (bicyclic) bond motifs is 1. The highest BCUT2D eigenvalue weighted by Gasteiger charge is 2.45. The van der Waals surface area contributed by atoms with Gasteiger partial charge in [0.15, 0.2) is 0 Å². The third-order valence-corrected chi connectivity index (χ3v) is 5.67. The molecule has 3 atom stereocenters. The molecule has 2 aliphatic rings. The zero-order valence-electron chi connectivity index (χ0n) is 14.6. The number of hydrogen-bond acceptors (Lipinski definition) is 3. The van der Waals surface area contributed by atoms with Gasteiger partial charge in [0.1, 0.15) is 0 Å². The van der Waals surface area contributed by atoms with Gasteiger partial charge in [0.2, 0.25) is 0 Å². The Kier molecular flexibility index (Phi) is 4.66. The van der Waals surface area contributed by atoms with Gasteiger partial charge in [-0.15, -0.1) is 0 Å². The van der Waals surface area contributed by atoms with E-state index >= 15 is 0 Å². The number of piperazine rings is 1. The number of carboxylic acid groups (broad SMARTS) is 1. The van der Waals surface area contributed by atoms with Crippen molar-refractivity contribution in [3.05, 3.63) is 71.8 Å². The molecule has 2 aromatic carbocycles. The largest absolute Gasteiger partial charge is 0.465 e. The van der Waals surface area contributed by atoms with E-state index in [-0.39, 0.29) is 24.1 Å². The first kappa shape index (κ1) is 17.1. The highest BCUT2D eigenvalue weighted by atomic mass is 16.4. The number of amides is 1. The first-order valence-corrected chi connectivity index (χ1v) is 9.15. The molecule has 0 saturated carbocycles. The van der Waals surface area contributed by atoms with Crippen LogP contribution in [0.4, 0.5) is 4.79 Å². The van der Waals surface area contributed by atoms with Crippen LogP contribution in [-0.4, -0.2) is 63.9 Å². The third kappa shape index (κ3) is 3.20. The second kappa shape index (κ2) is 7.09. The molecule has 1 amide bonds. The fourth-order valence-electron chi connectivity index (χ4n) is 4.57. The van der Waals surface area contributed by atoms with E-state index in [0.29, 0.717) is 26.1 Å². The molecule has 0 spiro atoms. The van der Waals surface area contributed by atoms with E-state index < -0.39 is 6.09 Å². The molecule has 2 fully saturated rings. The van der Waals surface area contributed by atoms with Crippen molar-refractivity contribution in [2.75, 3.05) is 19.6 Å². The fourth-order valence-corrected chi connectivity index (χ4v) is 4.57. The maximum absolute atomic E-state index is 11.7. The van der Waals surface area contributed by atoms with E-state index in [0.717, 1.165) is 0 Å². The van der Waals surface area contributed by atoms with Crippen molar-refractivity contribution < 1.29 is 15.0 Å². The first-order valence-electron chi connectivity index (χ1n) is 9.15. The minimum atomic E-state index is -0.879. The van der Waals surface area contributed by atoms with Crippen LogP contribution in [0, 0.1) is 0 Å². The third-order valence-electron chi connectivity index (χ3n) is 5.67. The van der Waals surface area contributed by atoms with Crippen molar-refractivity contribution in [2.45, 2.75) is 30.5 Å². The van der Waals surface area contributed by atoms with Crippen molar-refractivity contribution in [3.63, 3.8) is 0 Å². The van der Waals surface area contributed by atoms with Crippen LogP contribution >= 0.6 is 0 Å². The normalized spacial score (nSPS) is 26.1. The Morgan fingerprint density at radius 2 is 1.50 bits per heavy atom. The first-order chi connectivity index (χ1) is 12.6. The Morgan fingerprint density at radius 3 is 2.04 bits per heavy atom. The highest BCUT2D eigenvalue weighted by molar-refractivity contribution is 5.65. The van der Waals surface area contributed by atoms with Crippen LogP contribution < -0.4 is 0 Å². The summed E-state index contributed by atoms with van der Waals surface area (Å²) in [5.74, 6) is 0.0624. The number of aliphatic hydroxyl groups is 1. The van der Waals surface area contributed by atoms with E-state index in [4.69, 9.17) is 0 Å². The average Bonchev–Trinajstić information content (AvgIpc) is 3.04. The van der Waals surface area contributed by atoms with Gasteiger partial charge in [-0.05, 0) is 17.5 Å². The van der Waals surface area contributed by atoms with Crippen molar-refractivity contribution in [1.82, 2.24) is 9.80 Å². The maximum Gasteiger partial charge on any atom is 0.407 e. The Bertz CT molecular complexity index is 713. The number of aliphatic hydroxyl groups excluding tert-OH is 1. The molecule has 2 N–H and O–H groups in total. The number of nitrogens with zero attached hydrogens (tertiary/aromatic N) is 2. The van der Waals surface area contributed by atoms with E-state index in [1.165, 1.54) is 16.0 Å². The van der Waals surface area contributed by atoms with Crippen LogP contribution in [0.1, 0.15) is 23.5 Å². The Balaban J connectivity index is 1.76. The molecular formula is C21H24N2O3. The van der Waals surface area contributed by atoms with Gasteiger partial charge in [-0.25, -0.2) is 4.79 Å². The van der Waals surface area contributed by atoms with Gasteiger partial charge >= 0.3 is 6.09 Å². The molecule has 0 radical (unpaired) electrons. The second-order valence-corrected chi connectivity index (χ2v) is 7.29. The van der Waals surface area contributed by atoms with Crippen molar-refractivity contribution >= 4 is 6.09 Å². The van der Waals surface area contributed by atoms with Gasteiger partial charge < -0.3 is 15.1 Å². The number of rotatable bonds is 3. The molecule has 0 aliphatic carbocycles. The predicted octanol–water partition coefficient (Wildman–Crippen LogP) is 2.62. The van der Waals surface area contributed by atoms with E-state index in [1.807, 2.05) is 36.4 Å². The van der Waals surface area contributed by atoms with Gasteiger partial charge in [0.05, 0.1) is 6.10 Å². The molecule has 2 aromatic rings. The second-order valence-electron chi connectivity index (χ2n) is 7.29. The standard InChI is InChI=1S/C21H24N2O3/c24-18-11-17-12-22(21(25)26)14-19(23(17)13-18)20(15-7-3-1-4-8-15)16-9-5-2-6-10-16/h1-10,17-20,24H,11-14H2,(H,25,26)/t17-,18+,19+/m0/s1. The molecule has 0 bridgehead atoms. The van der Waals surface area contributed by atoms with Crippen LogP contribution in [0.5, 0.6) is 0 Å². The summed E-state index contributed by atoms with van der Waals surface area (Å²) in [7, 11) is 0. The topological polar surface area (TPSA) is 64.0 Å². The van der Waals surface area contributed by atoms with Crippen LogP contribution in [0.15, 0.2) is 60.7 Å². The van der Waals surface area contributed by atoms with E-state index in [1.54, 1.807) is 0 Å². The van der Waals surface area contributed by atoms with Crippen LogP contribution in [-0.2, 0) is 0 Å². The number of benzene rings is 2. The molecule has 4 rings (SSSR count). The molecular weight excluding hydrogens is 328 g/mol. The van der Waals surface area contributed by atoms with E-state index in [9.17, 15) is 15.0 Å². The Labute approximate surface area is 153 Å². The zero-order valence-corrected chi connectivity index (χ0v) is 14.6. The van der Waals surface area contributed by atoms with Gasteiger partial charge in [0, 0.05) is 37.6 Å². The molecule has 2 heterocycles. The lowest BCUT2D eigenvalue weighted by Crippen LogP contribution is -2.59. The molecule has 0 unspecified atom stereocenters. The summed E-state index contributed by atoms with van der Waals surface area (Å²) >= 11 is 0. The smallest absolute Gasteiger partial charge is 0.407 e. The van der Waals surface area contributed by atoms with Gasteiger partial charge in [-0.1, -0.05) is 60.7 Å². The molecule has 136 valence electrons. The molecule has 26 heavy (non-hydrogen) atoms. The summed E-state index contributed by atoms with van der Waals surface area (Å²) < 4.78 is 0. The predicted molar refractivity (Wildman–Crippen MR) is 99.2 cm³/mol. The van der Waals surface area contributed by atoms with Gasteiger partial charge in [-0.2, -0.15) is 0 Å². The summed E-state index contributed by atoms with van der Waals surface area (Å²) in [4.78, 5) is 15.6. The quantitative estimate of drug-likeness (QED) is 0.891. The lowest BCUT2D eigenvalue weighted by atomic mass is 9.82. The van der Waals surface area contributed by atoms with Crippen LogP contribution in [0.25, 0.3) is 0 Å². The monoisotopic (exact) mass is 352 g/mol. The van der Waals surface area contributed by atoms with Gasteiger partial charge in [-0.3, -0.25) is 4.90 Å².